The van der Waals surface area contributed by atoms with Crippen molar-refractivity contribution in [2.45, 2.75) is 51.2 Å². The molecule has 2 aliphatic rings. The summed E-state index contributed by atoms with van der Waals surface area (Å²) in [5.74, 6) is 1.21. The van der Waals surface area contributed by atoms with Crippen LogP contribution >= 0.6 is 0 Å². The zero-order chi connectivity index (χ0) is 9.80. The summed E-state index contributed by atoms with van der Waals surface area (Å²) in [5, 5.41) is 3.50. The molecule has 3 nitrogen and oxygen atoms in total. The Bertz CT molecular complexity index is 207. The topological polar surface area (TPSA) is 33.6 Å². The molecule has 0 spiro atoms. The van der Waals surface area contributed by atoms with E-state index in [9.17, 15) is 0 Å². The monoisotopic (exact) mass is 196 g/mol. The van der Waals surface area contributed by atoms with Crippen LogP contribution in [-0.2, 0) is 4.74 Å². The number of hydrogen-bond donors (Lipinski definition) is 1. The minimum atomic E-state index is 0.446. The third-order valence-corrected chi connectivity index (χ3v) is 3.00. The molecule has 0 bridgehead atoms. The van der Waals surface area contributed by atoms with Crippen molar-refractivity contribution in [2.24, 2.45) is 4.99 Å². The molecule has 1 fully saturated rings. The Kier molecular flexibility index (Phi) is 3.40. The van der Waals surface area contributed by atoms with Crippen LogP contribution in [0.4, 0.5) is 0 Å². The fourth-order valence-corrected chi connectivity index (χ4v) is 2.05. The van der Waals surface area contributed by atoms with Crippen LogP contribution in [0.15, 0.2) is 4.99 Å². The van der Waals surface area contributed by atoms with Crippen LogP contribution in [0, 0.1) is 0 Å². The van der Waals surface area contributed by atoms with Gasteiger partial charge in [0, 0.05) is 13.0 Å². The molecule has 2 aliphatic heterocycles. The molecule has 0 radical (unpaired) electrons. The molecule has 2 rings (SSSR count). The minimum Gasteiger partial charge on any atom is -0.376 e. The van der Waals surface area contributed by atoms with E-state index in [0.29, 0.717) is 12.1 Å². The number of rotatable bonds is 1. The van der Waals surface area contributed by atoms with E-state index in [1.54, 1.807) is 0 Å². The third kappa shape index (κ3) is 2.71. The molecular weight excluding hydrogens is 176 g/mol. The smallest absolute Gasteiger partial charge is 0.0965 e. The summed E-state index contributed by atoms with van der Waals surface area (Å²) in [4.78, 5) is 4.49. The Morgan fingerprint density at radius 1 is 1.36 bits per heavy atom. The molecule has 1 N–H and O–H groups in total. The summed E-state index contributed by atoms with van der Waals surface area (Å²) in [5.41, 5.74) is 0. The van der Waals surface area contributed by atoms with Crippen LogP contribution in [0.1, 0.15) is 39.0 Å². The number of ether oxygens (including phenoxy) is 1. The van der Waals surface area contributed by atoms with Crippen molar-refractivity contribution in [3.8, 4) is 0 Å². The average molecular weight is 196 g/mol. The normalized spacial score (nSPS) is 33.6. The van der Waals surface area contributed by atoms with Crippen molar-refractivity contribution in [3.05, 3.63) is 0 Å². The zero-order valence-corrected chi connectivity index (χ0v) is 8.96. The highest BCUT2D eigenvalue weighted by atomic mass is 16.5. The van der Waals surface area contributed by atoms with Gasteiger partial charge in [-0.1, -0.05) is 0 Å². The first-order chi connectivity index (χ1) is 6.84. The van der Waals surface area contributed by atoms with Crippen molar-refractivity contribution in [1.82, 2.24) is 5.32 Å². The fraction of sp³-hybridized carbons (Fsp3) is 0.909. The van der Waals surface area contributed by atoms with Crippen molar-refractivity contribution in [2.75, 3.05) is 13.2 Å². The standard InChI is InChI=1S/C11H20N2O/c1-9-5-6-10(8-14-9)13-11-4-2-3-7-12-11/h9-10H,2-8H2,1H3,(H,12,13). The number of hydrogen-bond acceptors (Lipinski definition) is 3. The van der Waals surface area contributed by atoms with Gasteiger partial charge in [-0.15, -0.1) is 0 Å². The van der Waals surface area contributed by atoms with Crippen LogP contribution < -0.4 is 5.32 Å². The van der Waals surface area contributed by atoms with Gasteiger partial charge in [-0.25, -0.2) is 0 Å². The molecule has 0 amide bonds. The number of amidine groups is 1. The van der Waals surface area contributed by atoms with E-state index < -0.39 is 0 Å². The van der Waals surface area contributed by atoms with Crippen LogP contribution in [0.25, 0.3) is 0 Å². The van der Waals surface area contributed by atoms with Gasteiger partial charge >= 0.3 is 0 Å². The molecule has 3 heteroatoms. The summed E-state index contributed by atoms with van der Waals surface area (Å²) in [6, 6.07) is 0.503. The van der Waals surface area contributed by atoms with E-state index in [0.717, 1.165) is 19.6 Å². The summed E-state index contributed by atoms with van der Waals surface area (Å²) in [6.07, 6.45) is 6.51. The predicted octanol–water partition coefficient (Wildman–Crippen LogP) is 1.73. The minimum absolute atomic E-state index is 0.446. The maximum absolute atomic E-state index is 5.61. The SMILES string of the molecule is CC1CCC(NC2=NCCCC2)CO1. The van der Waals surface area contributed by atoms with E-state index in [4.69, 9.17) is 4.74 Å². The average Bonchev–Trinajstić information content (AvgIpc) is 2.23. The molecule has 0 aromatic heterocycles. The molecular formula is C11H20N2O. The molecule has 0 aromatic rings. The lowest BCUT2D eigenvalue weighted by Crippen LogP contribution is -2.42. The summed E-state index contributed by atoms with van der Waals surface area (Å²) >= 11 is 0. The van der Waals surface area contributed by atoms with Gasteiger partial charge in [0.1, 0.15) is 0 Å². The first kappa shape index (κ1) is 9.97. The highest BCUT2D eigenvalue weighted by molar-refractivity contribution is 5.82. The lowest BCUT2D eigenvalue weighted by molar-refractivity contribution is 0.0127. The molecule has 1 saturated heterocycles. The van der Waals surface area contributed by atoms with Crippen molar-refractivity contribution >= 4 is 5.84 Å². The van der Waals surface area contributed by atoms with Crippen molar-refractivity contribution in [1.29, 1.82) is 0 Å². The van der Waals surface area contributed by atoms with Crippen molar-refractivity contribution < 1.29 is 4.74 Å². The molecule has 0 aromatic carbocycles. The number of aliphatic imine (C=N–C) groups is 1. The maximum atomic E-state index is 5.61. The Morgan fingerprint density at radius 3 is 2.93 bits per heavy atom. The second-order valence-corrected chi connectivity index (χ2v) is 4.35. The van der Waals surface area contributed by atoms with Gasteiger partial charge < -0.3 is 10.1 Å². The van der Waals surface area contributed by atoms with Crippen LogP contribution in [0.3, 0.4) is 0 Å². The van der Waals surface area contributed by atoms with Gasteiger partial charge in [0.15, 0.2) is 0 Å². The predicted molar refractivity (Wildman–Crippen MR) is 57.7 cm³/mol. The Hall–Kier alpha value is -0.570. The highest BCUT2D eigenvalue weighted by Crippen LogP contribution is 2.14. The molecule has 80 valence electrons. The van der Waals surface area contributed by atoms with Gasteiger partial charge in [0.2, 0.25) is 0 Å². The molecule has 2 unspecified atom stereocenters. The molecule has 0 aliphatic carbocycles. The van der Waals surface area contributed by atoms with Gasteiger partial charge in [-0.05, 0) is 32.6 Å². The van der Waals surface area contributed by atoms with Crippen LogP contribution in [-0.4, -0.2) is 31.1 Å². The first-order valence-corrected chi connectivity index (χ1v) is 5.76. The summed E-state index contributed by atoms with van der Waals surface area (Å²) < 4.78 is 5.61. The quantitative estimate of drug-likeness (QED) is 0.693. The second-order valence-electron chi connectivity index (χ2n) is 4.35. The van der Waals surface area contributed by atoms with Gasteiger partial charge in [-0.2, -0.15) is 0 Å². The lowest BCUT2D eigenvalue weighted by atomic mass is 10.1. The van der Waals surface area contributed by atoms with E-state index in [1.807, 2.05) is 0 Å². The van der Waals surface area contributed by atoms with Gasteiger partial charge in [-0.3, -0.25) is 4.99 Å². The highest BCUT2D eigenvalue weighted by Gasteiger charge is 2.19. The fourth-order valence-electron chi connectivity index (χ4n) is 2.05. The molecule has 0 saturated carbocycles. The largest absolute Gasteiger partial charge is 0.376 e. The zero-order valence-electron chi connectivity index (χ0n) is 8.96. The summed E-state index contributed by atoms with van der Waals surface area (Å²) in [7, 11) is 0. The number of nitrogens with one attached hydrogen (secondary N) is 1. The van der Waals surface area contributed by atoms with E-state index in [1.165, 1.54) is 31.5 Å². The van der Waals surface area contributed by atoms with E-state index in [-0.39, 0.29) is 0 Å². The van der Waals surface area contributed by atoms with E-state index in [2.05, 4.69) is 17.2 Å². The molecule has 14 heavy (non-hydrogen) atoms. The van der Waals surface area contributed by atoms with E-state index >= 15 is 0 Å². The Labute approximate surface area is 85.9 Å². The van der Waals surface area contributed by atoms with Crippen LogP contribution in [0.2, 0.25) is 0 Å². The Balaban J connectivity index is 1.77. The molecule has 2 heterocycles. The molecule has 2 atom stereocenters. The lowest BCUT2D eigenvalue weighted by Gasteiger charge is -2.29. The Morgan fingerprint density at radius 2 is 2.29 bits per heavy atom. The second kappa shape index (κ2) is 4.78. The summed E-state index contributed by atoms with van der Waals surface area (Å²) in [6.45, 7) is 4.00. The van der Waals surface area contributed by atoms with Crippen molar-refractivity contribution in [3.63, 3.8) is 0 Å². The maximum Gasteiger partial charge on any atom is 0.0965 e. The van der Waals surface area contributed by atoms with Gasteiger partial charge in [0.05, 0.1) is 24.6 Å². The van der Waals surface area contributed by atoms with Crippen LogP contribution in [0.5, 0.6) is 0 Å². The third-order valence-electron chi connectivity index (χ3n) is 3.00. The first-order valence-electron chi connectivity index (χ1n) is 5.76. The number of nitrogens with zero attached hydrogens (tertiary/aromatic N) is 1. The van der Waals surface area contributed by atoms with Gasteiger partial charge in [0.25, 0.3) is 0 Å².